The van der Waals surface area contributed by atoms with E-state index in [2.05, 4.69) is 14.9 Å². The summed E-state index contributed by atoms with van der Waals surface area (Å²) in [5, 5.41) is 9.41. The summed E-state index contributed by atoms with van der Waals surface area (Å²) in [7, 11) is 3.97. The van der Waals surface area contributed by atoms with Crippen LogP contribution in [0.2, 0.25) is 0 Å². The fourth-order valence-electron chi connectivity index (χ4n) is 1.72. The lowest BCUT2D eigenvalue weighted by Crippen LogP contribution is -2.19. The molecule has 0 unspecified atom stereocenters. The van der Waals surface area contributed by atoms with Crippen LogP contribution < -0.4 is 4.90 Å². The molecular formula is C13H18N4O. The highest BCUT2D eigenvalue weighted by Gasteiger charge is 2.07. The summed E-state index contributed by atoms with van der Waals surface area (Å²) in [4.78, 5) is 10.6. The predicted octanol–water partition coefficient (Wildman–Crippen LogP) is 1.50. The maximum Gasteiger partial charge on any atom is 0.127 e. The zero-order chi connectivity index (χ0) is 13.1. The topological polar surface area (TPSA) is 54.2 Å². The lowest BCUT2D eigenvalue weighted by Gasteiger charge is -2.19. The van der Waals surface area contributed by atoms with Crippen molar-refractivity contribution in [2.45, 2.75) is 19.6 Å². The van der Waals surface area contributed by atoms with E-state index >= 15 is 0 Å². The molecule has 0 aliphatic carbocycles. The monoisotopic (exact) mass is 246 g/mol. The number of aliphatic hydroxyl groups is 1. The summed E-state index contributed by atoms with van der Waals surface area (Å²) < 4.78 is 1.99. The van der Waals surface area contributed by atoms with E-state index in [1.807, 2.05) is 37.0 Å². The number of anilines is 1. The highest BCUT2D eigenvalue weighted by molar-refractivity contribution is 5.43. The molecule has 0 amide bonds. The Kier molecular flexibility index (Phi) is 3.62. The molecule has 2 heterocycles. The number of hydrogen-bond acceptors (Lipinski definition) is 4. The Morgan fingerprint density at radius 2 is 2.17 bits per heavy atom. The molecule has 18 heavy (non-hydrogen) atoms. The fraction of sp³-hybridized carbons (Fsp3) is 0.385. The molecule has 2 rings (SSSR count). The second kappa shape index (κ2) is 5.18. The van der Waals surface area contributed by atoms with Crippen LogP contribution in [0.4, 0.5) is 5.69 Å². The standard InChI is InChI=1S/C13H18N4O/c1-10(18)12-5-4-11(8-15-12)17(3)9-13-14-6-7-16(13)2/h4-8,10,18H,9H2,1-3H3/t10-/m1/s1. The zero-order valence-corrected chi connectivity index (χ0v) is 10.9. The molecule has 5 nitrogen and oxygen atoms in total. The van der Waals surface area contributed by atoms with Crippen molar-refractivity contribution in [1.82, 2.24) is 14.5 Å². The Labute approximate surface area is 107 Å². The summed E-state index contributed by atoms with van der Waals surface area (Å²) in [5.74, 6) is 0.997. The molecule has 5 heteroatoms. The molecular weight excluding hydrogens is 228 g/mol. The third-order valence-corrected chi connectivity index (χ3v) is 2.94. The van der Waals surface area contributed by atoms with Gasteiger partial charge in [0.05, 0.1) is 30.2 Å². The summed E-state index contributed by atoms with van der Waals surface area (Å²) in [6, 6.07) is 3.80. The molecule has 0 bridgehead atoms. The molecule has 1 atom stereocenters. The molecule has 0 aliphatic heterocycles. The molecule has 0 aromatic carbocycles. The Morgan fingerprint density at radius 3 is 2.67 bits per heavy atom. The van der Waals surface area contributed by atoms with E-state index < -0.39 is 6.10 Å². The number of imidazole rings is 1. The van der Waals surface area contributed by atoms with Crippen LogP contribution in [0, 0.1) is 0 Å². The highest BCUT2D eigenvalue weighted by atomic mass is 16.3. The first-order chi connectivity index (χ1) is 8.58. The fourth-order valence-corrected chi connectivity index (χ4v) is 1.72. The van der Waals surface area contributed by atoms with Crippen molar-refractivity contribution >= 4 is 5.69 Å². The minimum absolute atomic E-state index is 0.529. The third kappa shape index (κ3) is 2.68. The van der Waals surface area contributed by atoms with Crippen LogP contribution in [0.15, 0.2) is 30.7 Å². The van der Waals surface area contributed by atoms with E-state index in [0.29, 0.717) is 5.69 Å². The summed E-state index contributed by atoms with van der Waals surface area (Å²) in [6.07, 6.45) is 4.96. The zero-order valence-electron chi connectivity index (χ0n) is 10.9. The van der Waals surface area contributed by atoms with E-state index in [0.717, 1.165) is 18.1 Å². The third-order valence-electron chi connectivity index (χ3n) is 2.94. The summed E-state index contributed by atoms with van der Waals surface area (Å²) >= 11 is 0. The smallest absolute Gasteiger partial charge is 0.127 e. The molecule has 96 valence electrons. The number of pyridine rings is 1. The van der Waals surface area contributed by atoms with Gasteiger partial charge in [-0.25, -0.2) is 4.98 Å². The largest absolute Gasteiger partial charge is 0.387 e. The van der Waals surface area contributed by atoms with Crippen molar-refractivity contribution in [3.63, 3.8) is 0 Å². The number of aryl methyl sites for hydroxylation is 1. The van der Waals surface area contributed by atoms with E-state index in [4.69, 9.17) is 0 Å². The van der Waals surface area contributed by atoms with Gasteiger partial charge < -0.3 is 14.6 Å². The van der Waals surface area contributed by atoms with Gasteiger partial charge in [-0.2, -0.15) is 0 Å². The normalized spacial score (nSPS) is 12.4. The van der Waals surface area contributed by atoms with Gasteiger partial charge in [0.1, 0.15) is 5.82 Å². The molecule has 0 aliphatic rings. The van der Waals surface area contributed by atoms with Crippen LogP contribution >= 0.6 is 0 Å². The van der Waals surface area contributed by atoms with Crippen LogP contribution in [0.1, 0.15) is 24.5 Å². The van der Waals surface area contributed by atoms with Gasteiger partial charge in [0.25, 0.3) is 0 Å². The van der Waals surface area contributed by atoms with E-state index in [-0.39, 0.29) is 0 Å². The maximum absolute atomic E-state index is 9.41. The van der Waals surface area contributed by atoms with Crippen LogP contribution in [0.3, 0.4) is 0 Å². The van der Waals surface area contributed by atoms with Gasteiger partial charge in [0.15, 0.2) is 0 Å². The quantitative estimate of drug-likeness (QED) is 0.888. The first kappa shape index (κ1) is 12.6. The molecule has 0 radical (unpaired) electrons. The van der Waals surface area contributed by atoms with Gasteiger partial charge in [-0.15, -0.1) is 0 Å². The minimum Gasteiger partial charge on any atom is -0.387 e. The van der Waals surface area contributed by atoms with Gasteiger partial charge >= 0.3 is 0 Å². The Balaban J connectivity index is 2.09. The lowest BCUT2D eigenvalue weighted by atomic mass is 10.2. The number of aliphatic hydroxyl groups excluding tert-OH is 1. The first-order valence-corrected chi connectivity index (χ1v) is 5.89. The molecule has 0 saturated heterocycles. The highest BCUT2D eigenvalue weighted by Crippen LogP contribution is 2.16. The van der Waals surface area contributed by atoms with Gasteiger partial charge in [-0.3, -0.25) is 4.98 Å². The number of aromatic nitrogens is 3. The second-order valence-electron chi connectivity index (χ2n) is 4.43. The Morgan fingerprint density at radius 1 is 1.39 bits per heavy atom. The molecule has 2 aromatic rings. The summed E-state index contributed by atoms with van der Waals surface area (Å²) in [6.45, 7) is 2.43. The lowest BCUT2D eigenvalue weighted by molar-refractivity contribution is 0.194. The maximum atomic E-state index is 9.41. The Hall–Kier alpha value is -1.88. The van der Waals surface area contributed by atoms with Crippen molar-refractivity contribution in [2.75, 3.05) is 11.9 Å². The second-order valence-corrected chi connectivity index (χ2v) is 4.43. The van der Waals surface area contributed by atoms with Crippen molar-refractivity contribution in [3.05, 3.63) is 42.2 Å². The first-order valence-electron chi connectivity index (χ1n) is 5.89. The predicted molar refractivity (Wildman–Crippen MR) is 70.2 cm³/mol. The number of hydrogen-bond donors (Lipinski definition) is 1. The van der Waals surface area contributed by atoms with Crippen LogP contribution in [-0.4, -0.2) is 26.7 Å². The van der Waals surface area contributed by atoms with Gasteiger partial charge in [-0.1, -0.05) is 0 Å². The SMILES string of the molecule is C[C@@H](O)c1ccc(N(C)Cc2nccn2C)cn1. The van der Waals surface area contributed by atoms with Gasteiger partial charge in [0, 0.05) is 26.5 Å². The Bertz CT molecular complexity index is 504. The molecule has 0 saturated carbocycles. The molecule has 0 fully saturated rings. The number of rotatable bonds is 4. The average Bonchev–Trinajstić information content (AvgIpc) is 2.75. The summed E-state index contributed by atoms with van der Waals surface area (Å²) in [5.41, 5.74) is 1.69. The van der Waals surface area contributed by atoms with Gasteiger partial charge in [-0.05, 0) is 19.1 Å². The number of nitrogens with zero attached hydrogens (tertiary/aromatic N) is 4. The van der Waals surface area contributed by atoms with E-state index in [9.17, 15) is 5.11 Å². The molecule has 0 spiro atoms. The van der Waals surface area contributed by atoms with Crippen LogP contribution in [0.25, 0.3) is 0 Å². The van der Waals surface area contributed by atoms with E-state index in [1.54, 1.807) is 19.3 Å². The van der Waals surface area contributed by atoms with Crippen molar-refractivity contribution in [1.29, 1.82) is 0 Å². The van der Waals surface area contributed by atoms with E-state index in [1.165, 1.54) is 0 Å². The van der Waals surface area contributed by atoms with Crippen molar-refractivity contribution in [3.8, 4) is 0 Å². The minimum atomic E-state index is -0.529. The van der Waals surface area contributed by atoms with Crippen molar-refractivity contribution in [2.24, 2.45) is 7.05 Å². The molecule has 1 N–H and O–H groups in total. The average molecular weight is 246 g/mol. The van der Waals surface area contributed by atoms with Crippen molar-refractivity contribution < 1.29 is 5.11 Å². The van der Waals surface area contributed by atoms with Crippen LogP contribution in [-0.2, 0) is 13.6 Å². The molecule has 2 aromatic heterocycles. The van der Waals surface area contributed by atoms with Crippen LogP contribution in [0.5, 0.6) is 0 Å². The van der Waals surface area contributed by atoms with Gasteiger partial charge in [0.2, 0.25) is 0 Å².